The highest BCUT2D eigenvalue weighted by molar-refractivity contribution is 5.82. The second-order valence-electron chi connectivity index (χ2n) is 5.94. The van der Waals surface area contributed by atoms with Crippen LogP contribution in [0.1, 0.15) is 33.1 Å². The molecule has 0 spiro atoms. The Bertz CT molecular complexity index is 282. The Morgan fingerprint density at radius 2 is 2.29 bits per heavy atom. The van der Waals surface area contributed by atoms with Crippen LogP contribution in [-0.2, 0) is 4.79 Å². The highest BCUT2D eigenvalue weighted by Gasteiger charge is 2.36. The fraction of sp³-hybridized carbons (Fsp3) is 0.923. The van der Waals surface area contributed by atoms with Gasteiger partial charge in [-0.05, 0) is 46.7 Å². The number of carbonyl (C=O) groups is 1. The van der Waals surface area contributed by atoms with Gasteiger partial charge in [0, 0.05) is 25.2 Å². The van der Waals surface area contributed by atoms with Crippen molar-refractivity contribution in [1.29, 1.82) is 0 Å². The minimum absolute atomic E-state index is 0.197. The van der Waals surface area contributed by atoms with Crippen molar-refractivity contribution in [2.75, 3.05) is 26.7 Å². The molecule has 2 N–H and O–H groups in total. The molecule has 1 saturated heterocycles. The molecule has 2 fully saturated rings. The van der Waals surface area contributed by atoms with Crippen molar-refractivity contribution in [3.05, 3.63) is 0 Å². The number of likely N-dealkylation sites (N-methyl/N-ethyl adjacent to an activating group) is 1. The summed E-state index contributed by atoms with van der Waals surface area (Å²) in [5.74, 6) is 0.207. The van der Waals surface area contributed by atoms with Gasteiger partial charge >= 0.3 is 0 Å². The highest BCUT2D eigenvalue weighted by Crippen LogP contribution is 2.27. The summed E-state index contributed by atoms with van der Waals surface area (Å²) < 4.78 is 0. The first-order chi connectivity index (χ1) is 8.03. The third-order valence-corrected chi connectivity index (χ3v) is 4.29. The van der Waals surface area contributed by atoms with E-state index in [1.54, 1.807) is 0 Å². The van der Waals surface area contributed by atoms with Gasteiger partial charge in [0.1, 0.15) is 0 Å². The Morgan fingerprint density at radius 3 is 2.82 bits per heavy atom. The van der Waals surface area contributed by atoms with E-state index >= 15 is 0 Å². The highest BCUT2D eigenvalue weighted by atomic mass is 16.2. The van der Waals surface area contributed by atoms with Crippen LogP contribution in [0.3, 0.4) is 0 Å². The number of hydrogen-bond donors (Lipinski definition) is 2. The summed E-state index contributed by atoms with van der Waals surface area (Å²) in [5, 5.41) is 6.37. The van der Waals surface area contributed by atoms with Crippen LogP contribution >= 0.6 is 0 Å². The Morgan fingerprint density at radius 1 is 1.59 bits per heavy atom. The van der Waals surface area contributed by atoms with Gasteiger partial charge in [0.25, 0.3) is 0 Å². The van der Waals surface area contributed by atoms with Crippen LogP contribution in [0.4, 0.5) is 0 Å². The Hall–Kier alpha value is -0.610. The van der Waals surface area contributed by atoms with Crippen molar-refractivity contribution in [1.82, 2.24) is 15.5 Å². The van der Waals surface area contributed by atoms with Gasteiger partial charge < -0.3 is 10.6 Å². The monoisotopic (exact) mass is 239 g/mol. The number of rotatable bonds is 5. The van der Waals surface area contributed by atoms with Crippen LogP contribution in [0.15, 0.2) is 0 Å². The maximum Gasteiger partial charge on any atom is 0.227 e. The van der Waals surface area contributed by atoms with Crippen LogP contribution in [0, 0.1) is 5.41 Å². The van der Waals surface area contributed by atoms with Gasteiger partial charge in [-0.2, -0.15) is 0 Å². The lowest BCUT2D eigenvalue weighted by Crippen LogP contribution is -2.46. The van der Waals surface area contributed by atoms with Crippen LogP contribution in [-0.4, -0.2) is 49.6 Å². The summed E-state index contributed by atoms with van der Waals surface area (Å²) in [7, 11) is 2.16. The first-order valence-corrected chi connectivity index (χ1v) is 6.74. The Balaban J connectivity index is 1.75. The summed E-state index contributed by atoms with van der Waals surface area (Å²) in [6.45, 7) is 6.78. The third kappa shape index (κ3) is 2.99. The topological polar surface area (TPSA) is 44.4 Å². The van der Waals surface area contributed by atoms with Crippen molar-refractivity contribution in [2.24, 2.45) is 5.41 Å². The molecule has 4 heteroatoms. The van der Waals surface area contributed by atoms with Gasteiger partial charge in [-0.15, -0.1) is 0 Å². The molecule has 17 heavy (non-hydrogen) atoms. The average molecular weight is 239 g/mol. The van der Waals surface area contributed by atoms with E-state index in [-0.39, 0.29) is 11.3 Å². The van der Waals surface area contributed by atoms with E-state index in [1.165, 1.54) is 12.8 Å². The lowest BCUT2D eigenvalue weighted by atomic mass is 9.89. The van der Waals surface area contributed by atoms with Crippen molar-refractivity contribution < 1.29 is 4.79 Å². The number of hydrogen-bond acceptors (Lipinski definition) is 3. The SMILES string of the molecule is CC(CNC(=O)C1(C)CCNC1)N(C)C1CC1. The molecule has 2 rings (SSSR count). The molecular formula is C13H25N3O. The molecule has 0 aromatic heterocycles. The van der Waals surface area contributed by atoms with E-state index in [0.29, 0.717) is 6.04 Å². The molecule has 1 heterocycles. The lowest BCUT2D eigenvalue weighted by molar-refractivity contribution is -0.129. The molecule has 1 amide bonds. The molecular weight excluding hydrogens is 214 g/mol. The van der Waals surface area contributed by atoms with Crippen molar-refractivity contribution >= 4 is 5.91 Å². The molecule has 0 bridgehead atoms. The van der Waals surface area contributed by atoms with Gasteiger partial charge in [-0.1, -0.05) is 0 Å². The summed E-state index contributed by atoms with van der Waals surface area (Å²) in [6, 6.07) is 1.19. The molecule has 0 radical (unpaired) electrons. The summed E-state index contributed by atoms with van der Waals surface area (Å²) >= 11 is 0. The summed E-state index contributed by atoms with van der Waals surface area (Å²) in [4.78, 5) is 14.5. The molecule has 4 nitrogen and oxygen atoms in total. The van der Waals surface area contributed by atoms with Crippen molar-refractivity contribution in [2.45, 2.75) is 45.2 Å². The second kappa shape index (κ2) is 4.94. The van der Waals surface area contributed by atoms with E-state index in [1.807, 2.05) is 0 Å². The fourth-order valence-corrected chi connectivity index (χ4v) is 2.45. The molecule has 2 unspecified atom stereocenters. The lowest BCUT2D eigenvalue weighted by Gasteiger charge is -2.27. The zero-order valence-electron chi connectivity index (χ0n) is 11.3. The van der Waals surface area contributed by atoms with Crippen LogP contribution < -0.4 is 10.6 Å². The number of nitrogens with zero attached hydrogens (tertiary/aromatic N) is 1. The van der Waals surface area contributed by atoms with Gasteiger partial charge in [-0.3, -0.25) is 9.69 Å². The average Bonchev–Trinajstić information content (AvgIpc) is 3.07. The smallest absolute Gasteiger partial charge is 0.227 e. The second-order valence-corrected chi connectivity index (χ2v) is 5.94. The van der Waals surface area contributed by atoms with Gasteiger partial charge in [-0.25, -0.2) is 0 Å². The van der Waals surface area contributed by atoms with Crippen molar-refractivity contribution in [3.8, 4) is 0 Å². The number of amides is 1. The third-order valence-electron chi connectivity index (χ3n) is 4.29. The summed E-state index contributed by atoms with van der Waals surface area (Å²) in [5.41, 5.74) is -0.197. The quantitative estimate of drug-likeness (QED) is 0.738. The zero-order valence-corrected chi connectivity index (χ0v) is 11.3. The van der Waals surface area contributed by atoms with Gasteiger partial charge in [0.2, 0.25) is 5.91 Å². The van der Waals surface area contributed by atoms with Crippen molar-refractivity contribution in [3.63, 3.8) is 0 Å². The van der Waals surface area contributed by atoms with Gasteiger partial charge in [0.15, 0.2) is 0 Å². The van der Waals surface area contributed by atoms with Gasteiger partial charge in [0.05, 0.1) is 5.41 Å². The minimum Gasteiger partial charge on any atom is -0.354 e. The molecule has 0 aromatic carbocycles. The number of nitrogens with one attached hydrogen (secondary N) is 2. The molecule has 1 aliphatic heterocycles. The molecule has 0 aromatic rings. The normalized spacial score (nSPS) is 30.6. The predicted molar refractivity (Wildman–Crippen MR) is 68.9 cm³/mol. The minimum atomic E-state index is -0.197. The first kappa shape index (κ1) is 12.8. The zero-order chi connectivity index (χ0) is 12.5. The largest absolute Gasteiger partial charge is 0.354 e. The number of carbonyl (C=O) groups excluding carboxylic acids is 1. The van der Waals surface area contributed by atoms with E-state index < -0.39 is 0 Å². The fourth-order valence-electron chi connectivity index (χ4n) is 2.45. The predicted octanol–water partition coefficient (Wildman–Crippen LogP) is 0.585. The molecule has 98 valence electrons. The van der Waals surface area contributed by atoms with E-state index in [0.717, 1.165) is 32.1 Å². The maximum atomic E-state index is 12.1. The molecule has 2 aliphatic rings. The standard InChI is InChI=1S/C13H25N3O/c1-10(16(3)11-4-5-11)8-15-12(17)13(2)6-7-14-9-13/h10-11,14H,4-9H2,1-3H3,(H,15,17). The van der Waals surface area contributed by atoms with E-state index in [4.69, 9.17) is 0 Å². The van der Waals surface area contributed by atoms with E-state index in [2.05, 4.69) is 36.4 Å². The Labute approximate surface area is 104 Å². The first-order valence-electron chi connectivity index (χ1n) is 6.74. The summed E-state index contributed by atoms with van der Waals surface area (Å²) in [6.07, 6.45) is 3.58. The maximum absolute atomic E-state index is 12.1. The van der Waals surface area contributed by atoms with Crippen LogP contribution in [0.2, 0.25) is 0 Å². The molecule has 1 aliphatic carbocycles. The molecule has 1 saturated carbocycles. The molecule has 2 atom stereocenters. The van der Waals surface area contributed by atoms with Crippen LogP contribution in [0.5, 0.6) is 0 Å². The Kier molecular flexibility index (Phi) is 3.73. The van der Waals surface area contributed by atoms with Crippen LogP contribution in [0.25, 0.3) is 0 Å². The van der Waals surface area contributed by atoms with E-state index in [9.17, 15) is 4.79 Å².